The summed E-state index contributed by atoms with van der Waals surface area (Å²) in [5.74, 6) is -0.478. The number of nitrogens with one attached hydrogen (secondary N) is 2. The summed E-state index contributed by atoms with van der Waals surface area (Å²) < 4.78 is 19.7. The van der Waals surface area contributed by atoms with Crippen molar-refractivity contribution >= 4 is 63.3 Å². The fourth-order valence-corrected chi connectivity index (χ4v) is 4.16. The van der Waals surface area contributed by atoms with Crippen LogP contribution in [-0.2, 0) is 0 Å². The zero-order valence-corrected chi connectivity index (χ0v) is 18.2. The number of β-amino-alcohol motifs (C(OH)–C–C–N with tert-alkyl or cyclic N) is 1. The standard InChI is InChI=1S/C19H17Cl2N5O4S/c20-12-4-2-5-13(15(12)21)22-17-18(25-31(30)24-17)23-14-6-1-3-11(16(14)28)19(29)26-8-7-10(27)9-26/h1-6,10,27-28H,7-9H2,(H,22,24)(H,23,25)/t10-,31?/m1/s1. The van der Waals surface area contributed by atoms with E-state index in [9.17, 15) is 19.6 Å². The molecule has 31 heavy (non-hydrogen) atoms. The number of anilines is 4. The Bertz CT molecular complexity index is 1140. The number of carbonyl (C=O) groups is 1. The number of likely N-dealkylation sites (tertiary alicyclic amines) is 1. The van der Waals surface area contributed by atoms with Crippen LogP contribution < -0.4 is 10.6 Å². The lowest BCUT2D eigenvalue weighted by Crippen LogP contribution is -2.29. The van der Waals surface area contributed by atoms with Gasteiger partial charge in [-0.1, -0.05) is 35.3 Å². The number of phenolic OH excluding ortho intramolecular Hbond substituents is 1. The highest BCUT2D eigenvalue weighted by Crippen LogP contribution is 2.37. The molecule has 4 rings (SSSR count). The van der Waals surface area contributed by atoms with Gasteiger partial charge in [-0.25, -0.2) is 0 Å². The van der Waals surface area contributed by atoms with Gasteiger partial charge in [0.25, 0.3) is 5.91 Å². The first-order valence-corrected chi connectivity index (χ1v) is 11.0. The van der Waals surface area contributed by atoms with Crippen LogP contribution >= 0.6 is 34.3 Å². The molecule has 1 aromatic heterocycles. The molecular weight excluding hydrogens is 465 g/mol. The molecule has 1 aliphatic rings. The first-order valence-electron chi connectivity index (χ1n) is 9.20. The Labute approximate surface area is 190 Å². The van der Waals surface area contributed by atoms with Crippen molar-refractivity contribution in [1.82, 2.24) is 13.6 Å². The number of para-hydroxylation sites is 1. The fourth-order valence-electron chi connectivity index (χ4n) is 3.20. The second kappa shape index (κ2) is 8.85. The second-order valence-corrected chi connectivity index (χ2v) is 8.47. The maximum absolute atomic E-state index is 12.7. The molecule has 1 saturated heterocycles. The van der Waals surface area contributed by atoms with Crippen LogP contribution in [0.5, 0.6) is 5.75 Å². The highest BCUT2D eigenvalue weighted by molar-refractivity contribution is 7.14. The Hall–Kier alpha value is -2.63. The summed E-state index contributed by atoms with van der Waals surface area (Å²) in [6, 6.07) is 9.59. The zero-order chi connectivity index (χ0) is 22.1. The molecule has 3 aromatic rings. The number of amides is 1. The predicted molar refractivity (Wildman–Crippen MR) is 118 cm³/mol. The van der Waals surface area contributed by atoms with Gasteiger partial charge in [0.1, 0.15) is 0 Å². The van der Waals surface area contributed by atoms with E-state index >= 15 is 0 Å². The van der Waals surface area contributed by atoms with Crippen LogP contribution in [0.2, 0.25) is 10.0 Å². The number of aromatic hydroxyl groups is 1. The molecule has 0 saturated carbocycles. The average Bonchev–Trinajstić information content (AvgIpc) is 3.32. The maximum atomic E-state index is 12.7. The lowest BCUT2D eigenvalue weighted by Gasteiger charge is -2.17. The molecule has 4 N–H and O–H groups in total. The summed E-state index contributed by atoms with van der Waals surface area (Å²) in [4.78, 5) is 14.2. The van der Waals surface area contributed by atoms with Crippen molar-refractivity contribution in [1.29, 1.82) is 0 Å². The van der Waals surface area contributed by atoms with Gasteiger partial charge in [-0.15, -0.1) is 0 Å². The Balaban J connectivity index is 1.60. The molecule has 1 aliphatic heterocycles. The summed E-state index contributed by atoms with van der Waals surface area (Å²) in [5.41, 5.74) is 0.681. The predicted octanol–water partition coefficient (Wildman–Crippen LogP) is 3.91. The Morgan fingerprint density at radius 3 is 2.45 bits per heavy atom. The lowest BCUT2D eigenvalue weighted by atomic mass is 10.1. The van der Waals surface area contributed by atoms with E-state index in [2.05, 4.69) is 19.4 Å². The molecular formula is C19H17Cl2N5O4S. The lowest BCUT2D eigenvalue weighted by molar-refractivity contribution is 0.0762. The molecule has 1 fully saturated rings. The Morgan fingerprint density at radius 1 is 1.13 bits per heavy atom. The van der Waals surface area contributed by atoms with Crippen molar-refractivity contribution in [3.05, 3.63) is 52.0 Å². The Kier molecular flexibility index (Phi) is 6.17. The number of carbonyl (C=O) groups excluding carboxylic acids is 1. The molecule has 0 spiro atoms. The van der Waals surface area contributed by atoms with Gasteiger partial charge in [0.2, 0.25) is 11.6 Å². The van der Waals surface area contributed by atoms with Gasteiger partial charge in [0, 0.05) is 21.8 Å². The number of hydrogen-bond donors (Lipinski definition) is 4. The smallest absolute Gasteiger partial charge is 0.257 e. The van der Waals surface area contributed by atoms with Crippen LogP contribution in [0.15, 0.2) is 36.4 Å². The van der Waals surface area contributed by atoms with E-state index in [0.717, 1.165) is 0 Å². The van der Waals surface area contributed by atoms with Crippen molar-refractivity contribution in [3.8, 4) is 5.75 Å². The van der Waals surface area contributed by atoms with Crippen LogP contribution in [0.3, 0.4) is 0 Å². The van der Waals surface area contributed by atoms with Crippen LogP contribution in [0, 0.1) is 0 Å². The second-order valence-electron chi connectivity index (χ2n) is 6.86. The van der Waals surface area contributed by atoms with E-state index in [1.54, 1.807) is 30.3 Å². The van der Waals surface area contributed by atoms with Gasteiger partial charge in [-0.2, -0.15) is 0 Å². The monoisotopic (exact) mass is 481 g/mol. The third-order valence-electron chi connectivity index (χ3n) is 4.74. The minimum absolute atomic E-state index is 0.0724. The summed E-state index contributed by atoms with van der Waals surface area (Å²) in [6.07, 6.45) is -0.0802. The van der Waals surface area contributed by atoms with Crippen LogP contribution in [0.25, 0.3) is 0 Å². The molecule has 1 amide bonds. The fraction of sp³-hybridized carbons (Fsp3) is 0.211. The SMILES string of the molecule is O=C(c1cccc(Nc2n[s+]([O-])nc2Nc2cccc(Cl)c2Cl)c1O)N1CC[C@@H](O)C1. The molecule has 0 radical (unpaired) electrons. The van der Waals surface area contributed by atoms with E-state index < -0.39 is 23.2 Å². The van der Waals surface area contributed by atoms with Gasteiger partial charge < -0.3 is 30.3 Å². The number of aliphatic hydroxyl groups excluding tert-OH is 1. The van der Waals surface area contributed by atoms with E-state index in [1.807, 2.05) is 0 Å². The van der Waals surface area contributed by atoms with Crippen LogP contribution in [0.1, 0.15) is 16.8 Å². The van der Waals surface area contributed by atoms with Crippen molar-refractivity contribution < 1.29 is 19.6 Å². The number of halogens is 2. The third-order valence-corrected chi connectivity index (χ3v) is 6.23. The van der Waals surface area contributed by atoms with Crippen molar-refractivity contribution in [3.63, 3.8) is 0 Å². The first-order chi connectivity index (χ1) is 14.8. The molecule has 0 aliphatic carbocycles. The molecule has 1 unspecified atom stereocenters. The molecule has 0 bridgehead atoms. The van der Waals surface area contributed by atoms with Gasteiger partial charge >= 0.3 is 0 Å². The zero-order valence-electron chi connectivity index (χ0n) is 15.9. The number of phenols is 1. The van der Waals surface area contributed by atoms with Crippen molar-refractivity contribution in [2.45, 2.75) is 12.5 Å². The maximum Gasteiger partial charge on any atom is 0.257 e. The normalized spacial score (nSPS) is 16.5. The highest BCUT2D eigenvalue weighted by atomic mass is 35.5. The summed E-state index contributed by atoms with van der Waals surface area (Å²) in [6.45, 7) is 0.618. The van der Waals surface area contributed by atoms with Crippen LogP contribution in [0.4, 0.5) is 23.0 Å². The number of nitrogens with zero attached hydrogens (tertiary/aromatic N) is 3. The molecule has 2 aromatic carbocycles. The number of aliphatic hydroxyl groups is 1. The highest BCUT2D eigenvalue weighted by Gasteiger charge is 2.28. The number of rotatable bonds is 5. The number of aromatic nitrogens is 2. The van der Waals surface area contributed by atoms with Gasteiger partial charge in [-0.3, -0.25) is 4.79 Å². The Morgan fingerprint density at radius 2 is 1.77 bits per heavy atom. The van der Waals surface area contributed by atoms with Crippen LogP contribution in [-0.4, -0.2) is 53.5 Å². The van der Waals surface area contributed by atoms with E-state index in [4.69, 9.17) is 23.2 Å². The molecule has 12 heteroatoms. The first kappa shape index (κ1) is 21.6. The van der Waals surface area contributed by atoms with Gasteiger partial charge in [-0.05, 0) is 30.7 Å². The number of benzene rings is 2. The summed E-state index contributed by atoms with van der Waals surface area (Å²) >= 11 is 10.3. The number of hydrogen-bond acceptors (Lipinski definition) is 8. The van der Waals surface area contributed by atoms with Crippen molar-refractivity contribution in [2.75, 3.05) is 23.7 Å². The quantitative estimate of drug-likeness (QED) is 0.318. The van der Waals surface area contributed by atoms with E-state index in [1.165, 1.54) is 11.0 Å². The van der Waals surface area contributed by atoms with E-state index in [-0.39, 0.29) is 40.2 Å². The average molecular weight is 482 g/mol. The van der Waals surface area contributed by atoms with Gasteiger partial charge in [0.15, 0.2) is 16.9 Å². The largest absolute Gasteiger partial charge is 0.546 e. The molecule has 9 nitrogen and oxygen atoms in total. The minimum Gasteiger partial charge on any atom is -0.546 e. The summed E-state index contributed by atoms with van der Waals surface area (Å²) in [7, 11) is 0. The molecule has 162 valence electrons. The topological polar surface area (TPSA) is 134 Å². The minimum atomic E-state index is -1.88. The van der Waals surface area contributed by atoms with E-state index in [0.29, 0.717) is 23.7 Å². The molecule has 2 heterocycles. The third kappa shape index (κ3) is 4.53. The van der Waals surface area contributed by atoms with Crippen molar-refractivity contribution in [2.24, 2.45) is 0 Å². The molecule has 2 atom stereocenters. The summed E-state index contributed by atoms with van der Waals surface area (Å²) in [5, 5.41) is 26.7. The van der Waals surface area contributed by atoms with Gasteiger partial charge in [0.05, 0.1) is 33.1 Å².